The fraction of sp³-hybridized carbons (Fsp3) is 0.190. The summed E-state index contributed by atoms with van der Waals surface area (Å²) in [6.07, 6.45) is -3.14. The highest BCUT2D eigenvalue weighted by Crippen LogP contribution is 2.37. The summed E-state index contributed by atoms with van der Waals surface area (Å²) in [6.45, 7) is 0.0954. The van der Waals surface area contributed by atoms with Crippen molar-refractivity contribution in [1.29, 1.82) is 0 Å². The van der Waals surface area contributed by atoms with E-state index in [9.17, 15) is 18.3 Å². The molecule has 0 aliphatic rings. The molecule has 3 rings (SSSR count). The minimum Gasteiger partial charge on any atom is -0.507 e. The summed E-state index contributed by atoms with van der Waals surface area (Å²) < 4.78 is 39.4. The fourth-order valence-electron chi connectivity index (χ4n) is 2.95. The van der Waals surface area contributed by atoms with E-state index in [2.05, 4.69) is 4.99 Å². The van der Waals surface area contributed by atoms with Gasteiger partial charge in [0.05, 0.1) is 23.5 Å². The summed E-state index contributed by atoms with van der Waals surface area (Å²) >= 11 is 0. The summed E-state index contributed by atoms with van der Waals surface area (Å²) in [5.74, 6) is -0.0142. The molecule has 4 nitrogen and oxygen atoms in total. The lowest BCUT2D eigenvalue weighted by Crippen LogP contribution is -2.21. The molecule has 3 aromatic carbocycles. The smallest absolute Gasteiger partial charge is 0.416 e. The van der Waals surface area contributed by atoms with Crippen LogP contribution in [0.4, 0.5) is 24.5 Å². The van der Waals surface area contributed by atoms with Gasteiger partial charge in [0.1, 0.15) is 5.75 Å². The zero-order valence-electron chi connectivity index (χ0n) is 15.1. The maximum atomic E-state index is 13.1. The first kappa shape index (κ1) is 19.7. The second-order valence-electron chi connectivity index (χ2n) is 6.32. The molecule has 0 saturated heterocycles. The number of alkyl halides is 3. The lowest BCUT2D eigenvalue weighted by molar-refractivity contribution is -0.137. The predicted molar refractivity (Wildman–Crippen MR) is 105 cm³/mol. The average molecular weight is 388 g/mol. The van der Waals surface area contributed by atoms with Crippen molar-refractivity contribution in [2.24, 2.45) is 4.99 Å². The number of halogens is 3. The minimum atomic E-state index is -4.50. The van der Waals surface area contributed by atoms with Crippen LogP contribution in [0.5, 0.6) is 5.75 Å². The van der Waals surface area contributed by atoms with Gasteiger partial charge in [0, 0.05) is 25.4 Å². The van der Waals surface area contributed by atoms with Crippen molar-refractivity contribution >= 4 is 28.4 Å². The molecule has 0 fully saturated rings. The molecule has 7 heteroatoms. The van der Waals surface area contributed by atoms with Crippen molar-refractivity contribution in [2.75, 3.05) is 25.1 Å². The molecular formula is C21H19F3N2O2. The summed E-state index contributed by atoms with van der Waals surface area (Å²) in [4.78, 5) is 5.88. The number of aromatic hydroxyl groups is 1. The van der Waals surface area contributed by atoms with Gasteiger partial charge in [-0.1, -0.05) is 30.3 Å². The van der Waals surface area contributed by atoms with Gasteiger partial charge in [-0.25, -0.2) is 0 Å². The van der Waals surface area contributed by atoms with E-state index in [1.54, 1.807) is 24.1 Å². The van der Waals surface area contributed by atoms with Crippen LogP contribution in [0.2, 0.25) is 0 Å². The van der Waals surface area contributed by atoms with Crippen molar-refractivity contribution in [3.05, 3.63) is 65.7 Å². The highest BCUT2D eigenvalue weighted by Gasteiger charge is 2.31. The van der Waals surface area contributed by atoms with Gasteiger partial charge in [-0.2, -0.15) is 13.2 Å². The highest BCUT2D eigenvalue weighted by molar-refractivity contribution is 6.03. The Labute approximate surface area is 160 Å². The molecule has 0 heterocycles. The number of likely N-dealkylation sites (N-methyl/N-ethyl adjacent to an activating group) is 1. The largest absolute Gasteiger partial charge is 0.507 e. The first-order chi connectivity index (χ1) is 13.3. The number of anilines is 1. The number of fused-ring (bicyclic) bond motifs is 1. The fourth-order valence-corrected chi connectivity index (χ4v) is 2.95. The molecule has 0 bridgehead atoms. The minimum absolute atomic E-state index is 0.0142. The second-order valence-corrected chi connectivity index (χ2v) is 6.32. The molecule has 0 unspecified atom stereocenters. The van der Waals surface area contributed by atoms with Gasteiger partial charge in [0.15, 0.2) is 0 Å². The summed E-state index contributed by atoms with van der Waals surface area (Å²) in [5.41, 5.74) is 0.144. The van der Waals surface area contributed by atoms with Crippen LogP contribution < -0.4 is 4.90 Å². The zero-order valence-corrected chi connectivity index (χ0v) is 15.1. The first-order valence-electron chi connectivity index (χ1n) is 8.59. The Morgan fingerprint density at radius 1 is 1.07 bits per heavy atom. The number of nitrogens with zero attached hydrogens (tertiary/aromatic N) is 2. The van der Waals surface area contributed by atoms with E-state index in [4.69, 9.17) is 5.11 Å². The van der Waals surface area contributed by atoms with Crippen LogP contribution >= 0.6 is 0 Å². The second kappa shape index (κ2) is 7.90. The maximum Gasteiger partial charge on any atom is 0.416 e. The number of hydrogen-bond donors (Lipinski definition) is 2. The number of benzene rings is 3. The van der Waals surface area contributed by atoms with Crippen LogP contribution in [-0.2, 0) is 6.18 Å². The van der Waals surface area contributed by atoms with Gasteiger partial charge in [0.2, 0.25) is 0 Å². The third-order valence-corrected chi connectivity index (χ3v) is 4.43. The molecule has 0 spiro atoms. The topological polar surface area (TPSA) is 56.1 Å². The van der Waals surface area contributed by atoms with E-state index in [1.165, 1.54) is 18.3 Å². The lowest BCUT2D eigenvalue weighted by Gasteiger charge is -2.21. The molecular weight excluding hydrogens is 369 g/mol. The van der Waals surface area contributed by atoms with E-state index in [0.717, 1.165) is 22.9 Å². The molecule has 146 valence electrons. The Hall–Kier alpha value is -3.06. The quantitative estimate of drug-likeness (QED) is 0.621. The Morgan fingerprint density at radius 2 is 1.82 bits per heavy atom. The van der Waals surface area contributed by atoms with Gasteiger partial charge >= 0.3 is 6.18 Å². The van der Waals surface area contributed by atoms with Crippen molar-refractivity contribution < 1.29 is 23.4 Å². The number of aliphatic hydroxyl groups is 1. The summed E-state index contributed by atoms with van der Waals surface area (Å²) in [6, 6.07) is 13.9. The van der Waals surface area contributed by atoms with Crippen LogP contribution in [0.15, 0.2) is 59.6 Å². The first-order valence-corrected chi connectivity index (χ1v) is 8.59. The summed E-state index contributed by atoms with van der Waals surface area (Å²) in [7, 11) is 1.66. The van der Waals surface area contributed by atoms with Gasteiger partial charge < -0.3 is 15.1 Å². The van der Waals surface area contributed by atoms with E-state index < -0.39 is 11.7 Å². The van der Waals surface area contributed by atoms with Crippen LogP contribution in [0.3, 0.4) is 0 Å². The molecule has 0 amide bonds. The van der Waals surface area contributed by atoms with E-state index >= 15 is 0 Å². The number of phenolic OH excluding ortho intramolecular Hbond substituents is 1. The standard InChI is InChI=1S/C21H19F3N2O2/c1-26(10-11-27)19-8-7-15(21(22,23)24)12-18(19)25-13-17-16-5-3-2-4-14(16)6-9-20(17)28/h2-9,12-13,27-28H,10-11H2,1H3. The molecule has 0 aromatic heterocycles. The Bertz CT molecular complexity index is 1020. The molecule has 2 N–H and O–H groups in total. The summed E-state index contributed by atoms with van der Waals surface area (Å²) in [5, 5.41) is 21.0. The predicted octanol–water partition coefficient (Wildman–Crippen LogP) is 4.74. The Morgan fingerprint density at radius 3 is 2.54 bits per heavy atom. The van der Waals surface area contributed by atoms with E-state index in [0.29, 0.717) is 11.3 Å². The third kappa shape index (κ3) is 4.09. The molecule has 28 heavy (non-hydrogen) atoms. The Kier molecular flexibility index (Phi) is 5.56. The molecule has 0 saturated carbocycles. The van der Waals surface area contributed by atoms with Crippen LogP contribution in [-0.4, -0.2) is 36.6 Å². The normalized spacial score (nSPS) is 12.0. The van der Waals surface area contributed by atoms with Crippen LogP contribution in [0.25, 0.3) is 10.8 Å². The van der Waals surface area contributed by atoms with E-state index in [1.807, 2.05) is 18.2 Å². The van der Waals surface area contributed by atoms with E-state index in [-0.39, 0.29) is 24.6 Å². The Balaban J connectivity index is 2.11. The average Bonchev–Trinajstić information content (AvgIpc) is 2.66. The van der Waals surface area contributed by atoms with Crippen molar-refractivity contribution in [3.63, 3.8) is 0 Å². The van der Waals surface area contributed by atoms with Gasteiger partial charge in [-0.05, 0) is 35.0 Å². The number of aliphatic imine (C=N–C) groups is 1. The van der Waals surface area contributed by atoms with Gasteiger partial charge in [-0.15, -0.1) is 0 Å². The molecule has 3 aromatic rings. The molecule has 0 aliphatic carbocycles. The number of hydrogen-bond acceptors (Lipinski definition) is 4. The SMILES string of the molecule is CN(CCO)c1ccc(C(F)(F)F)cc1N=Cc1c(O)ccc2ccccc12. The van der Waals surface area contributed by atoms with Crippen LogP contribution in [0, 0.1) is 0 Å². The van der Waals surface area contributed by atoms with Gasteiger partial charge in [0.25, 0.3) is 0 Å². The highest BCUT2D eigenvalue weighted by atomic mass is 19.4. The van der Waals surface area contributed by atoms with Gasteiger partial charge in [-0.3, -0.25) is 4.99 Å². The number of rotatable bonds is 5. The lowest BCUT2D eigenvalue weighted by atomic mass is 10.0. The molecule has 0 atom stereocenters. The van der Waals surface area contributed by atoms with Crippen molar-refractivity contribution in [1.82, 2.24) is 0 Å². The zero-order chi connectivity index (χ0) is 20.3. The molecule has 0 radical (unpaired) electrons. The number of aliphatic hydroxyl groups excluding tert-OH is 1. The van der Waals surface area contributed by atoms with Crippen LogP contribution in [0.1, 0.15) is 11.1 Å². The van der Waals surface area contributed by atoms with Crippen molar-refractivity contribution in [3.8, 4) is 5.75 Å². The van der Waals surface area contributed by atoms with Crippen molar-refractivity contribution in [2.45, 2.75) is 6.18 Å². The third-order valence-electron chi connectivity index (χ3n) is 4.43. The molecule has 0 aliphatic heterocycles. The monoisotopic (exact) mass is 388 g/mol. The number of phenols is 1. The maximum absolute atomic E-state index is 13.1.